The molecule has 1 N–H and O–H groups in total. The first-order chi connectivity index (χ1) is 10.7. The van der Waals surface area contributed by atoms with Crippen LogP contribution in [0, 0.1) is 0 Å². The van der Waals surface area contributed by atoms with Crippen molar-refractivity contribution in [3.05, 3.63) is 29.3 Å². The Morgan fingerprint density at radius 3 is 2.26 bits per heavy atom. The number of aromatic hydroxyl groups is 1. The molecule has 1 fully saturated rings. The van der Waals surface area contributed by atoms with E-state index in [9.17, 15) is 18.3 Å². The van der Waals surface area contributed by atoms with E-state index in [1.54, 1.807) is 6.07 Å². The van der Waals surface area contributed by atoms with Gasteiger partial charge in [0.15, 0.2) is 0 Å². The molecule has 0 aromatic heterocycles. The Morgan fingerprint density at radius 2 is 1.70 bits per heavy atom. The molecule has 1 aromatic carbocycles. The van der Waals surface area contributed by atoms with Crippen LogP contribution in [0.3, 0.4) is 0 Å². The highest BCUT2D eigenvalue weighted by Crippen LogP contribution is 2.38. The summed E-state index contributed by atoms with van der Waals surface area (Å²) in [5.41, 5.74) is -0.637. The quantitative estimate of drug-likeness (QED) is 0.911. The summed E-state index contributed by atoms with van der Waals surface area (Å²) in [4.78, 5) is 4.26. The van der Waals surface area contributed by atoms with Gasteiger partial charge in [-0.3, -0.25) is 4.90 Å². The lowest BCUT2D eigenvalue weighted by Gasteiger charge is -2.41. The number of phenols is 1. The number of para-hydroxylation sites is 1. The van der Waals surface area contributed by atoms with Crippen LogP contribution in [0.25, 0.3) is 0 Å². The number of halogens is 3. The average Bonchev–Trinajstić information content (AvgIpc) is 2.48. The van der Waals surface area contributed by atoms with Gasteiger partial charge in [-0.2, -0.15) is 13.2 Å². The number of nitrogens with zero attached hydrogens (tertiary/aromatic N) is 2. The molecule has 23 heavy (non-hydrogen) atoms. The topological polar surface area (TPSA) is 26.7 Å². The summed E-state index contributed by atoms with van der Waals surface area (Å²) >= 11 is 0. The number of alkyl halides is 3. The molecule has 0 heterocycles. The van der Waals surface area contributed by atoms with Crippen LogP contribution in [0.4, 0.5) is 13.2 Å². The molecule has 1 aromatic rings. The van der Waals surface area contributed by atoms with E-state index in [0.29, 0.717) is 18.2 Å². The van der Waals surface area contributed by atoms with E-state index in [2.05, 4.69) is 9.80 Å². The molecule has 1 saturated carbocycles. The predicted molar refractivity (Wildman–Crippen MR) is 84.3 cm³/mol. The van der Waals surface area contributed by atoms with Crippen LogP contribution in [0.15, 0.2) is 18.2 Å². The molecule has 0 spiro atoms. The van der Waals surface area contributed by atoms with Gasteiger partial charge in [-0.1, -0.05) is 25.0 Å². The minimum absolute atomic E-state index is 0.285. The molecule has 0 saturated heterocycles. The maximum atomic E-state index is 12.9. The summed E-state index contributed by atoms with van der Waals surface area (Å²) in [7, 11) is 6.00. The van der Waals surface area contributed by atoms with Gasteiger partial charge >= 0.3 is 6.18 Å². The van der Waals surface area contributed by atoms with Crippen molar-refractivity contribution >= 4 is 0 Å². The third-order valence-electron chi connectivity index (χ3n) is 4.77. The average molecular weight is 330 g/mol. The summed E-state index contributed by atoms with van der Waals surface area (Å²) < 4.78 is 38.7. The molecule has 6 heteroatoms. The summed E-state index contributed by atoms with van der Waals surface area (Å²) in [5.74, 6) is -0.649. The Labute approximate surface area is 135 Å². The van der Waals surface area contributed by atoms with Gasteiger partial charge in [0.05, 0.1) is 5.56 Å². The summed E-state index contributed by atoms with van der Waals surface area (Å²) in [6.07, 6.45) is -0.0960. The van der Waals surface area contributed by atoms with E-state index in [1.165, 1.54) is 12.5 Å². The number of rotatable bonds is 4. The number of benzene rings is 1. The van der Waals surface area contributed by atoms with Crippen molar-refractivity contribution in [1.29, 1.82) is 0 Å². The smallest absolute Gasteiger partial charge is 0.419 e. The highest BCUT2D eigenvalue weighted by Gasteiger charge is 2.35. The Balaban J connectivity index is 2.18. The number of hydrogen-bond acceptors (Lipinski definition) is 3. The lowest BCUT2D eigenvalue weighted by molar-refractivity contribution is -0.138. The number of likely N-dealkylation sites (N-methyl/N-ethyl adjacent to an activating group) is 2. The molecule has 130 valence electrons. The molecule has 0 aliphatic heterocycles. The molecule has 2 atom stereocenters. The first kappa shape index (κ1) is 18.1. The zero-order chi connectivity index (χ0) is 17.2. The molecular formula is C17H25F3N2O. The maximum Gasteiger partial charge on any atom is 0.419 e. The summed E-state index contributed by atoms with van der Waals surface area (Å²) in [5, 5.41) is 9.99. The molecule has 0 bridgehead atoms. The van der Waals surface area contributed by atoms with E-state index < -0.39 is 17.5 Å². The number of phenolic OH excluding ortho intramolecular Hbond substituents is 1. The van der Waals surface area contributed by atoms with Crippen molar-refractivity contribution in [3.8, 4) is 5.75 Å². The van der Waals surface area contributed by atoms with Crippen LogP contribution in [-0.4, -0.2) is 48.1 Å². The fourth-order valence-corrected chi connectivity index (χ4v) is 3.54. The molecular weight excluding hydrogens is 305 g/mol. The third kappa shape index (κ3) is 4.18. The normalized spacial score (nSPS) is 22.8. The van der Waals surface area contributed by atoms with Crippen LogP contribution in [0.1, 0.15) is 36.8 Å². The van der Waals surface area contributed by atoms with Gasteiger partial charge in [0.25, 0.3) is 0 Å². The first-order valence-corrected chi connectivity index (χ1v) is 7.96. The minimum atomic E-state index is -4.53. The van der Waals surface area contributed by atoms with Gasteiger partial charge in [-0.25, -0.2) is 0 Å². The Kier molecular flexibility index (Phi) is 5.57. The summed E-state index contributed by atoms with van der Waals surface area (Å²) in [6, 6.07) is 4.52. The zero-order valence-electron chi connectivity index (χ0n) is 13.9. The van der Waals surface area contributed by atoms with Crippen molar-refractivity contribution in [2.24, 2.45) is 0 Å². The lowest BCUT2D eigenvalue weighted by atomic mass is 9.88. The highest BCUT2D eigenvalue weighted by atomic mass is 19.4. The van der Waals surface area contributed by atoms with E-state index in [0.717, 1.165) is 25.3 Å². The fourth-order valence-electron chi connectivity index (χ4n) is 3.54. The fraction of sp³-hybridized carbons (Fsp3) is 0.647. The van der Waals surface area contributed by atoms with Crippen LogP contribution >= 0.6 is 0 Å². The monoisotopic (exact) mass is 330 g/mol. The van der Waals surface area contributed by atoms with Gasteiger partial charge in [-0.15, -0.1) is 0 Å². The Bertz CT molecular complexity index is 531. The molecule has 0 radical (unpaired) electrons. The van der Waals surface area contributed by atoms with E-state index in [4.69, 9.17) is 0 Å². The van der Waals surface area contributed by atoms with E-state index in [-0.39, 0.29) is 6.04 Å². The standard InChI is InChI=1S/C17H25F3N2O/c1-21(2)14-9-4-5-10-15(14)22(3)11-12-7-6-8-13(16(12)23)17(18,19)20/h6-8,14-15,23H,4-5,9-11H2,1-3H3/t14-,15-/m0/s1. The van der Waals surface area contributed by atoms with Gasteiger partial charge < -0.3 is 10.0 Å². The molecule has 2 rings (SSSR count). The SMILES string of the molecule is CN(C)[C@H]1CCCC[C@@H]1N(C)Cc1cccc(C(F)(F)F)c1O. The molecule has 1 aliphatic rings. The molecule has 1 aliphatic carbocycles. The van der Waals surface area contributed by atoms with Gasteiger partial charge in [-0.05, 0) is 40.1 Å². The number of hydrogen-bond donors (Lipinski definition) is 1. The van der Waals surface area contributed by atoms with Gasteiger partial charge in [0, 0.05) is 24.2 Å². The maximum absolute atomic E-state index is 12.9. The van der Waals surface area contributed by atoms with Crippen LogP contribution in [0.5, 0.6) is 5.75 Å². The molecule has 0 unspecified atom stereocenters. The second-order valence-electron chi connectivity index (χ2n) is 6.61. The lowest BCUT2D eigenvalue weighted by Crippen LogP contribution is -2.49. The van der Waals surface area contributed by atoms with Crippen molar-refractivity contribution in [2.45, 2.75) is 50.5 Å². The minimum Gasteiger partial charge on any atom is -0.507 e. The highest BCUT2D eigenvalue weighted by molar-refractivity contribution is 5.42. The van der Waals surface area contributed by atoms with Crippen LogP contribution in [-0.2, 0) is 12.7 Å². The van der Waals surface area contributed by atoms with Crippen molar-refractivity contribution < 1.29 is 18.3 Å². The summed E-state index contributed by atoms with van der Waals surface area (Å²) in [6.45, 7) is 0.310. The molecule has 0 amide bonds. The first-order valence-electron chi connectivity index (χ1n) is 7.96. The van der Waals surface area contributed by atoms with E-state index >= 15 is 0 Å². The van der Waals surface area contributed by atoms with Crippen LogP contribution in [0.2, 0.25) is 0 Å². The van der Waals surface area contributed by atoms with Gasteiger partial charge in [0.2, 0.25) is 0 Å². The molecule has 3 nitrogen and oxygen atoms in total. The second kappa shape index (κ2) is 7.09. The second-order valence-corrected chi connectivity index (χ2v) is 6.61. The van der Waals surface area contributed by atoms with E-state index in [1.807, 2.05) is 21.1 Å². The third-order valence-corrected chi connectivity index (χ3v) is 4.77. The largest absolute Gasteiger partial charge is 0.507 e. The van der Waals surface area contributed by atoms with Crippen molar-refractivity contribution in [3.63, 3.8) is 0 Å². The van der Waals surface area contributed by atoms with Crippen molar-refractivity contribution in [1.82, 2.24) is 9.80 Å². The van der Waals surface area contributed by atoms with Crippen LogP contribution < -0.4 is 0 Å². The zero-order valence-corrected chi connectivity index (χ0v) is 13.9. The van der Waals surface area contributed by atoms with Crippen molar-refractivity contribution in [2.75, 3.05) is 21.1 Å². The Hall–Kier alpha value is -1.27. The Morgan fingerprint density at radius 1 is 1.09 bits per heavy atom. The predicted octanol–water partition coefficient (Wildman–Crippen LogP) is 3.72. The van der Waals surface area contributed by atoms with Gasteiger partial charge in [0.1, 0.15) is 5.75 Å².